The Bertz CT molecular complexity index is 764. The van der Waals surface area contributed by atoms with Gasteiger partial charge in [-0.2, -0.15) is 5.26 Å². The molecule has 0 saturated heterocycles. The lowest BCUT2D eigenvalue weighted by atomic mass is 10.1. The summed E-state index contributed by atoms with van der Waals surface area (Å²) in [5.74, 6) is 1.27. The SMILES string of the molecule is COc1ccc(C(C)NC(=O)CCc2ccc(C#N)cc2)cc1OC. The van der Waals surface area contributed by atoms with E-state index in [9.17, 15) is 4.79 Å². The fourth-order valence-electron chi connectivity index (χ4n) is 2.52. The first-order valence-electron chi connectivity index (χ1n) is 8.07. The van der Waals surface area contributed by atoms with Gasteiger partial charge in [-0.3, -0.25) is 4.79 Å². The Balaban J connectivity index is 1.92. The number of methoxy groups -OCH3 is 2. The zero-order valence-electron chi connectivity index (χ0n) is 14.7. The summed E-state index contributed by atoms with van der Waals surface area (Å²) >= 11 is 0. The van der Waals surface area contributed by atoms with Gasteiger partial charge >= 0.3 is 0 Å². The zero-order chi connectivity index (χ0) is 18.2. The second-order valence-electron chi connectivity index (χ2n) is 5.71. The van der Waals surface area contributed by atoms with E-state index in [1.165, 1.54) is 0 Å². The number of carbonyl (C=O) groups is 1. The van der Waals surface area contributed by atoms with Crippen LogP contribution in [0.15, 0.2) is 42.5 Å². The molecule has 0 radical (unpaired) electrons. The summed E-state index contributed by atoms with van der Waals surface area (Å²) in [6.07, 6.45) is 1.03. The molecule has 0 aromatic heterocycles. The molecule has 0 aliphatic heterocycles. The second kappa shape index (κ2) is 8.74. The van der Waals surface area contributed by atoms with Crippen LogP contribution in [0, 0.1) is 11.3 Å². The maximum absolute atomic E-state index is 12.2. The number of ether oxygens (including phenoxy) is 2. The zero-order valence-corrected chi connectivity index (χ0v) is 14.7. The van der Waals surface area contributed by atoms with Crippen molar-refractivity contribution in [2.75, 3.05) is 14.2 Å². The Hall–Kier alpha value is -3.00. The standard InChI is InChI=1S/C20H22N2O3/c1-14(17-9-10-18(24-2)19(12-17)25-3)22-20(23)11-8-15-4-6-16(13-21)7-5-15/h4-7,9-10,12,14H,8,11H2,1-3H3,(H,22,23). The molecule has 0 spiro atoms. The maximum Gasteiger partial charge on any atom is 0.220 e. The van der Waals surface area contributed by atoms with Gasteiger partial charge in [0.25, 0.3) is 0 Å². The predicted molar refractivity (Wildman–Crippen MR) is 95.6 cm³/mol. The van der Waals surface area contributed by atoms with Crippen molar-refractivity contribution < 1.29 is 14.3 Å². The second-order valence-corrected chi connectivity index (χ2v) is 5.71. The normalized spacial score (nSPS) is 11.3. The summed E-state index contributed by atoms with van der Waals surface area (Å²) in [4.78, 5) is 12.2. The van der Waals surface area contributed by atoms with Crippen molar-refractivity contribution in [1.29, 1.82) is 5.26 Å². The van der Waals surface area contributed by atoms with Crippen LogP contribution < -0.4 is 14.8 Å². The highest BCUT2D eigenvalue weighted by Gasteiger charge is 2.12. The van der Waals surface area contributed by atoms with E-state index < -0.39 is 0 Å². The average molecular weight is 338 g/mol. The van der Waals surface area contributed by atoms with Gasteiger partial charge in [0, 0.05) is 6.42 Å². The van der Waals surface area contributed by atoms with Gasteiger partial charge in [0.05, 0.1) is 31.9 Å². The Labute approximate surface area is 148 Å². The van der Waals surface area contributed by atoms with E-state index in [2.05, 4.69) is 11.4 Å². The van der Waals surface area contributed by atoms with Crippen LogP contribution >= 0.6 is 0 Å². The van der Waals surface area contributed by atoms with Crippen molar-refractivity contribution in [2.45, 2.75) is 25.8 Å². The van der Waals surface area contributed by atoms with E-state index in [1.807, 2.05) is 37.3 Å². The number of rotatable bonds is 7. The van der Waals surface area contributed by atoms with Crippen LogP contribution in [-0.2, 0) is 11.2 Å². The van der Waals surface area contributed by atoms with E-state index in [1.54, 1.807) is 26.4 Å². The third-order valence-electron chi connectivity index (χ3n) is 4.01. The molecule has 1 amide bonds. The number of hydrogen-bond acceptors (Lipinski definition) is 4. The molecule has 0 saturated carbocycles. The van der Waals surface area contributed by atoms with Crippen molar-refractivity contribution >= 4 is 5.91 Å². The first-order valence-corrected chi connectivity index (χ1v) is 8.07. The Morgan fingerprint density at radius 1 is 1.12 bits per heavy atom. The molecule has 5 heteroatoms. The number of hydrogen-bond donors (Lipinski definition) is 1. The highest BCUT2D eigenvalue weighted by molar-refractivity contribution is 5.76. The third-order valence-corrected chi connectivity index (χ3v) is 4.01. The summed E-state index contributed by atoms with van der Waals surface area (Å²) < 4.78 is 10.5. The molecule has 130 valence electrons. The molecule has 2 aromatic rings. The molecule has 5 nitrogen and oxygen atoms in total. The van der Waals surface area contributed by atoms with Gasteiger partial charge in [0.15, 0.2) is 11.5 Å². The van der Waals surface area contributed by atoms with Gasteiger partial charge in [-0.05, 0) is 48.7 Å². The molecule has 0 bridgehead atoms. The van der Waals surface area contributed by atoms with Crippen molar-refractivity contribution in [2.24, 2.45) is 0 Å². The molecule has 0 aliphatic carbocycles. The van der Waals surface area contributed by atoms with Crippen LogP contribution in [0.5, 0.6) is 11.5 Å². The van der Waals surface area contributed by atoms with Crippen molar-refractivity contribution in [3.8, 4) is 17.6 Å². The van der Waals surface area contributed by atoms with Crippen molar-refractivity contribution in [1.82, 2.24) is 5.32 Å². The molecule has 0 aliphatic rings. The van der Waals surface area contributed by atoms with Gasteiger partial charge < -0.3 is 14.8 Å². The number of aryl methyl sites for hydroxylation is 1. The van der Waals surface area contributed by atoms with E-state index in [4.69, 9.17) is 14.7 Å². The third kappa shape index (κ3) is 4.98. The first-order chi connectivity index (χ1) is 12.1. The van der Waals surface area contributed by atoms with Gasteiger partial charge in [0.1, 0.15) is 0 Å². The molecule has 0 fully saturated rings. The molecule has 2 aromatic carbocycles. The summed E-state index contributed by atoms with van der Waals surface area (Å²) in [5, 5.41) is 11.8. The lowest BCUT2D eigenvalue weighted by molar-refractivity contribution is -0.121. The fraction of sp³-hybridized carbons (Fsp3) is 0.300. The minimum atomic E-state index is -0.131. The summed E-state index contributed by atoms with van der Waals surface area (Å²) in [6, 6.07) is 14.8. The van der Waals surface area contributed by atoms with Gasteiger partial charge in [-0.15, -0.1) is 0 Å². The number of nitriles is 1. The van der Waals surface area contributed by atoms with E-state index in [-0.39, 0.29) is 11.9 Å². The largest absolute Gasteiger partial charge is 0.493 e. The monoisotopic (exact) mass is 338 g/mol. The Kier molecular flexibility index (Phi) is 6.41. The van der Waals surface area contributed by atoms with E-state index in [0.29, 0.717) is 29.9 Å². The maximum atomic E-state index is 12.2. The van der Waals surface area contributed by atoms with Crippen LogP contribution in [0.4, 0.5) is 0 Å². The quantitative estimate of drug-likeness (QED) is 0.840. The van der Waals surface area contributed by atoms with Crippen LogP contribution in [-0.4, -0.2) is 20.1 Å². The Morgan fingerprint density at radius 2 is 1.80 bits per heavy atom. The fourth-order valence-corrected chi connectivity index (χ4v) is 2.52. The number of nitrogens with one attached hydrogen (secondary N) is 1. The molecule has 1 unspecified atom stereocenters. The topological polar surface area (TPSA) is 71.3 Å². The molecule has 1 N–H and O–H groups in total. The molecule has 25 heavy (non-hydrogen) atoms. The minimum absolute atomic E-state index is 0.0216. The van der Waals surface area contributed by atoms with Crippen molar-refractivity contribution in [3.63, 3.8) is 0 Å². The van der Waals surface area contributed by atoms with Gasteiger partial charge in [0.2, 0.25) is 5.91 Å². The van der Waals surface area contributed by atoms with Crippen LogP contribution in [0.1, 0.15) is 36.1 Å². The number of carbonyl (C=O) groups excluding carboxylic acids is 1. The van der Waals surface area contributed by atoms with Gasteiger partial charge in [-0.1, -0.05) is 18.2 Å². The molecular weight excluding hydrogens is 316 g/mol. The highest BCUT2D eigenvalue weighted by atomic mass is 16.5. The summed E-state index contributed by atoms with van der Waals surface area (Å²) in [7, 11) is 3.17. The van der Waals surface area contributed by atoms with Crippen LogP contribution in [0.3, 0.4) is 0 Å². The highest BCUT2D eigenvalue weighted by Crippen LogP contribution is 2.29. The first kappa shape index (κ1) is 18.3. The summed E-state index contributed by atoms with van der Waals surface area (Å²) in [6.45, 7) is 1.93. The van der Waals surface area contributed by atoms with Crippen LogP contribution in [0.25, 0.3) is 0 Å². The number of benzene rings is 2. The van der Waals surface area contributed by atoms with E-state index >= 15 is 0 Å². The van der Waals surface area contributed by atoms with Gasteiger partial charge in [-0.25, -0.2) is 0 Å². The predicted octanol–water partition coefficient (Wildman–Crippen LogP) is 3.39. The smallest absolute Gasteiger partial charge is 0.220 e. The molecule has 1 atom stereocenters. The number of amides is 1. The Morgan fingerprint density at radius 3 is 2.40 bits per heavy atom. The lowest BCUT2D eigenvalue weighted by Crippen LogP contribution is -2.26. The molecule has 0 heterocycles. The number of nitrogens with zero attached hydrogens (tertiary/aromatic N) is 1. The van der Waals surface area contributed by atoms with E-state index in [0.717, 1.165) is 11.1 Å². The molecular formula is C20H22N2O3. The van der Waals surface area contributed by atoms with Crippen LogP contribution in [0.2, 0.25) is 0 Å². The summed E-state index contributed by atoms with van der Waals surface area (Å²) in [5.41, 5.74) is 2.60. The van der Waals surface area contributed by atoms with Crippen molar-refractivity contribution in [3.05, 3.63) is 59.2 Å². The lowest BCUT2D eigenvalue weighted by Gasteiger charge is -2.16. The minimum Gasteiger partial charge on any atom is -0.493 e. The molecule has 2 rings (SSSR count). The average Bonchev–Trinajstić information content (AvgIpc) is 2.66.